The highest BCUT2D eigenvalue weighted by atomic mass is 35.5. The van der Waals surface area contributed by atoms with E-state index in [1.165, 1.54) is 6.20 Å². The molecule has 0 bridgehead atoms. The first kappa shape index (κ1) is 13.3. The molecule has 0 aliphatic heterocycles. The van der Waals surface area contributed by atoms with Gasteiger partial charge in [-0.2, -0.15) is 0 Å². The molecule has 1 aliphatic carbocycles. The number of carbonyl (C=O) groups excluding carboxylic acids is 1. The Morgan fingerprint density at radius 3 is 2.89 bits per heavy atom. The predicted octanol–water partition coefficient (Wildman–Crippen LogP) is 1.87. The number of pyridine rings is 1. The summed E-state index contributed by atoms with van der Waals surface area (Å²) < 4.78 is 0. The van der Waals surface area contributed by atoms with E-state index in [1.54, 1.807) is 12.1 Å². The third kappa shape index (κ3) is 3.21. The molecule has 5 heteroatoms. The summed E-state index contributed by atoms with van der Waals surface area (Å²) in [5, 5.41) is 12.6. The molecule has 0 aromatic carbocycles. The summed E-state index contributed by atoms with van der Waals surface area (Å²) >= 11 is 5.71. The van der Waals surface area contributed by atoms with Gasteiger partial charge in [0.2, 0.25) is 0 Å². The largest absolute Gasteiger partial charge is 0.396 e. The van der Waals surface area contributed by atoms with E-state index in [1.807, 2.05) is 0 Å². The second-order valence-electron chi connectivity index (χ2n) is 4.71. The standard InChI is InChI=1S/C13H17ClN2O2/c14-11-4-5-12(15-7-11)13(18)16-6-9-2-1-3-10(9)8-17/h4-5,7,9-10,17H,1-3,6,8H2,(H,16,18). The van der Waals surface area contributed by atoms with E-state index in [4.69, 9.17) is 11.6 Å². The quantitative estimate of drug-likeness (QED) is 0.876. The zero-order valence-electron chi connectivity index (χ0n) is 10.1. The normalized spacial score (nSPS) is 23.0. The number of rotatable bonds is 4. The molecule has 2 unspecified atom stereocenters. The van der Waals surface area contributed by atoms with Crippen LogP contribution in [0.4, 0.5) is 0 Å². The number of halogens is 1. The Morgan fingerprint density at radius 2 is 2.22 bits per heavy atom. The molecule has 0 radical (unpaired) electrons. The van der Waals surface area contributed by atoms with Gasteiger partial charge in [-0.1, -0.05) is 18.0 Å². The van der Waals surface area contributed by atoms with E-state index in [-0.39, 0.29) is 12.5 Å². The first-order chi connectivity index (χ1) is 8.70. The minimum atomic E-state index is -0.185. The number of nitrogens with one attached hydrogen (secondary N) is 1. The van der Waals surface area contributed by atoms with Gasteiger partial charge in [0.25, 0.3) is 5.91 Å². The van der Waals surface area contributed by atoms with Gasteiger partial charge in [-0.3, -0.25) is 4.79 Å². The van der Waals surface area contributed by atoms with Crippen molar-refractivity contribution in [1.29, 1.82) is 0 Å². The summed E-state index contributed by atoms with van der Waals surface area (Å²) in [7, 11) is 0. The molecule has 98 valence electrons. The van der Waals surface area contributed by atoms with Crippen LogP contribution in [0.15, 0.2) is 18.3 Å². The number of hydrogen-bond acceptors (Lipinski definition) is 3. The number of aliphatic hydroxyl groups excluding tert-OH is 1. The molecule has 1 amide bonds. The van der Waals surface area contributed by atoms with Crippen molar-refractivity contribution in [3.05, 3.63) is 29.0 Å². The lowest BCUT2D eigenvalue weighted by Crippen LogP contribution is -2.32. The maximum Gasteiger partial charge on any atom is 0.269 e. The van der Waals surface area contributed by atoms with Crippen LogP contribution in [0.2, 0.25) is 5.02 Å². The number of amides is 1. The second kappa shape index (κ2) is 6.16. The molecule has 1 aromatic rings. The van der Waals surface area contributed by atoms with Crippen LogP contribution >= 0.6 is 11.6 Å². The fraction of sp³-hybridized carbons (Fsp3) is 0.538. The lowest BCUT2D eigenvalue weighted by Gasteiger charge is -2.17. The van der Waals surface area contributed by atoms with Crippen molar-refractivity contribution in [3.8, 4) is 0 Å². The minimum Gasteiger partial charge on any atom is -0.396 e. The van der Waals surface area contributed by atoms with E-state index in [0.29, 0.717) is 29.1 Å². The van der Waals surface area contributed by atoms with Gasteiger partial charge >= 0.3 is 0 Å². The molecule has 0 spiro atoms. The molecule has 4 nitrogen and oxygen atoms in total. The molecule has 0 saturated heterocycles. The number of carbonyl (C=O) groups is 1. The summed E-state index contributed by atoms with van der Waals surface area (Å²) in [4.78, 5) is 15.8. The summed E-state index contributed by atoms with van der Waals surface area (Å²) in [6.07, 6.45) is 4.71. The van der Waals surface area contributed by atoms with Crippen LogP contribution in [-0.2, 0) is 0 Å². The average Bonchev–Trinajstić information content (AvgIpc) is 2.84. The third-order valence-corrected chi connectivity index (χ3v) is 3.76. The van der Waals surface area contributed by atoms with Crippen molar-refractivity contribution in [2.24, 2.45) is 11.8 Å². The fourth-order valence-corrected chi connectivity index (χ4v) is 2.56. The van der Waals surface area contributed by atoms with Crippen LogP contribution < -0.4 is 5.32 Å². The number of aliphatic hydroxyl groups is 1. The highest BCUT2D eigenvalue weighted by Gasteiger charge is 2.26. The van der Waals surface area contributed by atoms with E-state index in [2.05, 4.69) is 10.3 Å². The zero-order chi connectivity index (χ0) is 13.0. The van der Waals surface area contributed by atoms with Crippen molar-refractivity contribution in [3.63, 3.8) is 0 Å². The number of hydrogen-bond donors (Lipinski definition) is 2. The Labute approximate surface area is 111 Å². The van der Waals surface area contributed by atoms with Crippen molar-refractivity contribution in [2.75, 3.05) is 13.2 Å². The van der Waals surface area contributed by atoms with Crippen LogP contribution in [0.1, 0.15) is 29.8 Å². The van der Waals surface area contributed by atoms with Crippen LogP contribution in [0, 0.1) is 11.8 Å². The highest BCUT2D eigenvalue weighted by molar-refractivity contribution is 6.30. The fourth-order valence-electron chi connectivity index (χ4n) is 2.45. The van der Waals surface area contributed by atoms with Gasteiger partial charge in [0.1, 0.15) is 5.69 Å². The minimum absolute atomic E-state index is 0.185. The molecule has 1 heterocycles. The van der Waals surface area contributed by atoms with Gasteiger partial charge in [-0.05, 0) is 36.8 Å². The molecule has 18 heavy (non-hydrogen) atoms. The first-order valence-corrected chi connectivity index (χ1v) is 6.59. The lowest BCUT2D eigenvalue weighted by atomic mass is 9.97. The molecule has 1 aromatic heterocycles. The Balaban J connectivity index is 1.86. The molecule has 2 N–H and O–H groups in total. The topological polar surface area (TPSA) is 62.2 Å². The summed E-state index contributed by atoms with van der Waals surface area (Å²) in [6.45, 7) is 0.814. The summed E-state index contributed by atoms with van der Waals surface area (Å²) in [5.41, 5.74) is 0.373. The molecular formula is C13H17ClN2O2. The lowest BCUT2D eigenvalue weighted by molar-refractivity contribution is 0.0933. The van der Waals surface area contributed by atoms with Crippen LogP contribution in [-0.4, -0.2) is 29.1 Å². The predicted molar refractivity (Wildman–Crippen MR) is 69.5 cm³/mol. The molecule has 1 fully saturated rings. The van der Waals surface area contributed by atoms with Gasteiger partial charge in [-0.25, -0.2) is 4.98 Å². The van der Waals surface area contributed by atoms with Gasteiger partial charge in [0, 0.05) is 19.3 Å². The SMILES string of the molecule is O=C(NCC1CCCC1CO)c1ccc(Cl)cn1. The van der Waals surface area contributed by atoms with Crippen molar-refractivity contribution in [2.45, 2.75) is 19.3 Å². The smallest absolute Gasteiger partial charge is 0.269 e. The van der Waals surface area contributed by atoms with Gasteiger partial charge < -0.3 is 10.4 Å². The zero-order valence-corrected chi connectivity index (χ0v) is 10.9. The summed E-state index contributed by atoms with van der Waals surface area (Å²) in [5.74, 6) is 0.519. The maximum absolute atomic E-state index is 11.8. The molecule has 2 rings (SSSR count). The second-order valence-corrected chi connectivity index (χ2v) is 5.14. The Bertz CT molecular complexity index is 408. The van der Waals surface area contributed by atoms with Gasteiger partial charge in [0.05, 0.1) is 5.02 Å². The molecule has 2 atom stereocenters. The summed E-state index contributed by atoms with van der Waals surface area (Å²) in [6, 6.07) is 3.26. The van der Waals surface area contributed by atoms with Crippen molar-refractivity contribution < 1.29 is 9.90 Å². The Morgan fingerprint density at radius 1 is 1.44 bits per heavy atom. The monoisotopic (exact) mass is 268 g/mol. The number of aromatic nitrogens is 1. The maximum atomic E-state index is 11.8. The van der Waals surface area contributed by atoms with E-state index in [9.17, 15) is 9.90 Å². The average molecular weight is 269 g/mol. The van der Waals surface area contributed by atoms with Gasteiger partial charge in [0.15, 0.2) is 0 Å². The van der Waals surface area contributed by atoms with Crippen LogP contribution in [0.5, 0.6) is 0 Å². The molecular weight excluding hydrogens is 252 g/mol. The van der Waals surface area contributed by atoms with Crippen LogP contribution in [0.25, 0.3) is 0 Å². The van der Waals surface area contributed by atoms with E-state index < -0.39 is 0 Å². The molecule has 1 aliphatic rings. The highest BCUT2D eigenvalue weighted by Crippen LogP contribution is 2.30. The van der Waals surface area contributed by atoms with Gasteiger partial charge in [-0.15, -0.1) is 0 Å². The van der Waals surface area contributed by atoms with E-state index >= 15 is 0 Å². The number of nitrogens with zero attached hydrogens (tertiary/aromatic N) is 1. The first-order valence-electron chi connectivity index (χ1n) is 6.21. The third-order valence-electron chi connectivity index (χ3n) is 3.54. The van der Waals surface area contributed by atoms with Crippen molar-refractivity contribution >= 4 is 17.5 Å². The Hall–Kier alpha value is -1.13. The van der Waals surface area contributed by atoms with E-state index in [0.717, 1.165) is 19.3 Å². The van der Waals surface area contributed by atoms with Crippen molar-refractivity contribution in [1.82, 2.24) is 10.3 Å². The molecule has 1 saturated carbocycles. The Kier molecular flexibility index (Phi) is 4.55. The van der Waals surface area contributed by atoms with Crippen LogP contribution in [0.3, 0.4) is 0 Å².